The summed E-state index contributed by atoms with van der Waals surface area (Å²) in [5.41, 5.74) is 0.998. The molecule has 0 bridgehead atoms. The zero-order valence-electron chi connectivity index (χ0n) is 11.3. The van der Waals surface area contributed by atoms with Crippen molar-refractivity contribution in [3.63, 3.8) is 0 Å². The first-order valence-electron chi connectivity index (χ1n) is 5.85. The number of nitrogens with one attached hydrogen (secondary N) is 2. The molecule has 0 aromatic heterocycles. The average Bonchev–Trinajstić information content (AvgIpc) is 2.49. The molecule has 1 aliphatic rings. The van der Waals surface area contributed by atoms with E-state index in [1.165, 1.54) is 6.92 Å². The van der Waals surface area contributed by atoms with Gasteiger partial charge < -0.3 is 5.32 Å². The first kappa shape index (κ1) is 15.3. The molecule has 98 valence electrons. The van der Waals surface area contributed by atoms with Gasteiger partial charge in [0.05, 0.1) is 0 Å². The second-order valence-corrected chi connectivity index (χ2v) is 3.43. The fraction of sp³-hybridized carbons (Fsp3) is 0.0556. The largest absolute Gasteiger partial charge is 0.368 e. The number of hydrogen-bond donors (Lipinski definition) is 2. The summed E-state index contributed by atoms with van der Waals surface area (Å²) < 4.78 is 0. The normalized spacial score (nSPS) is 9.29. The molecule has 0 aromatic carbocycles. The monoisotopic (exact) mass is 270 g/mol. The Morgan fingerprint density at radius 1 is 1.00 bits per heavy atom. The standard InChI is InChI=1S/C18H10N2O/c1-17(21)20-14-10-8-6-4-2-3-5-7-9-11-18-12-15-19-16-13-18/h11-13,15-16,19H,1H3,(H,20,21). The van der Waals surface area contributed by atoms with Crippen molar-refractivity contribution < 1.29 is 4.79 Å². The van der Waals surface area contributed by atoms with E-state index in [-0.39, 0.29) is 5.91 Å². The lowest BCUT2D eigenvalue weighted by atomic mass is 10.2. The fourth-order valence-corrected chi connectivity index (χ4v) is 0.990. The molecule has 0 radical (unpaired) electrons. The van der Waals surface area contributed by atoms with Gasteiger partial charge in [-0.15, -0.1) is 0 Å². The van der Waals surface area contributed by atoms with Crippen molar-refractivity contribution >= 4 is 5.91 Å². The Hall–Kier alpha value is -3.71. The number of dihydropyridines is 1. The number of rotatable bonds is 0. The fourth-order valence-electron chi connectivity index (χ4n) is 0.990. The molecule has 0 aromatic rings. The van der Waals surface area contributed by atoms with E-state index in [4.69, 9.17) is 0 Å². The first-order chi connectivity index (χ1) is 10.3. The molecule has 0 aliphatic carbocycles. The highest BCUT2D eigenvalue weighted by atomic mass is 16.1. The van der Waals surface area contributed by atoms with Crippen LogP contribution >= 0.6 is 0 Å². The van der Waals surface area contributed by atoms with Crippen LogP contribution in [-0.2, 0) is 4.79 Å². The van der Waals surface area contributed by atoms with E-state index in [9.17, 15) is 4.79 Å². The summed E-state index contributed by atoms with van der Waals surface area (Å²) in [6.07, 6.45) is 9.20. The third-order valence-corrected chi connectivity index (χ3v) is 1.79. The average molecular weight is 270 g/mol. The predicted molar refractivity (Wildman–Crippen MR) is 82.2 cm³/mol. The van der Waals surface area contributed by atoms with Crippen molar-refractivity contribution in [1.29, 1.82) is 0 Å². The Morgan fingerprint density at radius 2 is 1.57 bits per heavy atom. The van der Waals surface area contributed by atoms with Crippen molar-refractivity contribution in [1.82, 2.24) is 10.6 Å². The van der Waals surface area contributed by atoms with E-state index < -0.39 is 0 Å². The van der Waals surface area contributed by atoms with Crippen molar-refractivity contribution in [3.8, 4) is 59.3 Å². The molecule has 1 amide bonds. The molecule has 0 unspecified atom stereocenters. The second-order valence-electron chi connectivity index (χ2n) is 3.43. The van der Waals surface area contributed by atoms with E-state index in [0.717, 1.165) is 5.57 Å². The summed E-state index contributed by atoms with van der Waals surface area (Å²) in [5.74, 6) is 22.7. The minimum absolute atomic E-state index is 0.231. The van der Waals surface area contributed by atoms with Crippen LogP contribution in [0.25, 0.3) is 0 Å². The van der Waals surface area contributed by atoms with Crippen LogP contribution in [0.2, 0.25) is 0 Å². The summed E-state index contributed by atoms with van der Waals surface area (Å²) in [6, 6.07) is 2.36. The van der Waals surface area contributed by atoms with Gasteiger partial charge in [0.2, 0.25) is 5.91 Å². The highest BCUT2D eigenvalue weighted by molar-refractivity contribution is 5.74. The van der Waals surface area contributed by atoms with Gasteiger partial charge in [0.15, 0.2) is 0 Å². The number of carbonyl (C=O) groups is 1. The van der Waals surface area contributed by atoms with Gasteiger partial charge in [-0.2, -0.15) is 0 Å². The SMILES string of the molecule is CC(=O)NC#CC#CC#CC#CC#CC=C1C=CNC=C1. The van der Waals surface area contributed by atoms with E-state index in [2.05, 4.69) is 70.0 Å². The van der Waals surface area contributed by atoms with E-state index in [0.29, 0.717) is 0 Å². The maximum absolute atomic E-state index is 10.5. The van der Waals surface area contributed by atoms with Crippen molar-refractivity contribution in [2.75, 3.05) is 0 Å². The molecule has 21 heavy (non-hydrogen) atoms. The van der Waals surface area contributed by atoms with Crippen molar-refractivity contribution in [2.24, 2.45) is 0 Å². The van der Waals surface area contributed by atoms with Gasteiger partial charge in [0, 0.05) is 49.0 Å². The van der Waals surface area contributed by atoms with Crippen molar-refractivity contribution in [2.45, 2.75) is 6.92 Å². The maximum atomic E-state index is 10.5. The van der Waals surface area contributed by atoms with Gasteiger partial charge in [-0.05, 0) is 47.5 Å². The molecule has 0 fully saturated rings. The zero-order valence-corrected chi connectivity index (χ0v) is 11.3. The first-order valence-corrected chi connectivity index (χ1v) is 5.85. The molecule has 2 N–H and O–H groups in total. The zero-order chi connectivity index (χ0) is 15.2. The number of allylic oxidation sites excluding steroid dienone is 4. The van der Waals surface area contributed by atoms with Crippen LogP contribution in [0.15, 0.2) is 36.2 Å². The number of carbonyl (C=O) groups excluding carboxylic acids is 1. The summed E-state index contributed by atoms with van der Waals surface area (Å²) in [7, 11) is 0. The lowest BCUT2D eigenvalue weighted by Gasteiger charge is -1.97. The van der Waals surface area contributed by atoms with Gasteiger partial charge in [-0.25, -0.2) is 0 Å². The summed E-state index contributed by atoms with van der Waals surface area (Å²) in [6.45, 7) is 1.37. The molecule has 0 saturated carbocycles. The number of amides is 1. The topological polar surface area (TPSA) is 41.1 Å². The van der Waals surface area contributed by atoms with E-state index in [1.807, 2.05) is 24.6 Å². The molecule has 3 heteroatoms. The minimum Gasteiger partial charge on any atom is -0.368 e. The number of hydrogen-bond acceptors (Lipinski definition) is 2. The summed E-state index contributed by atoms with van der Waals surface area (Å²) >= 11 is 0. The molecule has 0 spiro atoms. The Labute approximate surface area is 124 Å². The molecule has 1 heterocycles. The van der Waals surface area contributed by atoms with Gasteiger partial charge in [-0.3, -0.25) is 10.1 Å². The third-order valence-electron chi connectivity index (χ3n) is 1.79. The van der Waals surface area contributed by atoms with Gasteiger partial charge >= 0.3 is 0 Å². The molecule has 3 nitrogen and oxygen atoms in total. The quantitative estimate of drug-likeness (QED) is 0.501. The Bertz CT molecular complexity index is 785. The van der Waals surface area contributed by atoms with Crippen LogP contribution in [0.4, 0.5) is 0 Å². The molecule has 0 saturated heterocycles. The molecule has 1 rings (SSSR count). The van der Waals surface area contributed by atoms with E-state index >= 15 is 0 Å². The minimum atomic E-state index is -0.231. The summed E-state index contributed by atoms with van der Waals surface area (Å²) in [4.78, 5) is 10.5. The van der Waals surface area contributed by atoms with Gasteiger partial charge in [-0.1, -0.05) is 5.92 Å². The van der Waals surface area contributed by atoms with Gasteiger partial charge in [0.1, 0.15) is 0 Å². The molecule has 0 atom stereocenters. The van der Waals surface area contributed by atoms with Crippen LogP contribution in [0, 0.1) is 59.3 Å². The summed E-state index contributed by atoms with van der Waals surface area (Å²) in [5, 5.41) is 5.21. The van der Waals surface area contributed by atoms with Crippen LogP contribution in [0.1, 0.15) is 6.92 Å². The highest BCUT2D eigenvalue weighted by Crippen LogP contribution is 2.00. The smallest absolute Gasteiger partial charge is 0.228 e. The van der Waals surface area contributed by atoms with E-state index in [1.54, 1.807) is 6.08 Å². The van der Waals surface area contributed by atoms with Crippen LogP contribution in [0.3, 0.4) is 0 Å². The third kappa shape index (κ3) is 8.94. The van der Waals surface area contributed by atoms with Crippen LogP contribution < -0.4 is 10.6 Å². The van der Waals surface area contributed by atoms with Gasteiger partial charge in [0.25, 0.3) is 0 Å². The Kier molecular flexibility index (Phi) is 7.48. The lowest BCUT2D eigenvalue weighted by Crippen LogP contribution is -2.11. The van der Waals surface area contributed by atoms with Crippen molar-refractivity contribution in [3.05, 3.63) is 36.2 Å². The Balaban J connectivity index is 2.42. The van der Waals surface area contributed by atoms with Crippen LogP contribution in [0.5, 0.6) is 0 Å². The molecular weight excluding hydrogens is 260 g/mol. The molecular formula is C18H10N2O. The second kappa shape index (κ2) is 10.2. The molecule has 1 aliphatic heterocycles. The Morgan fingerprint density at radius 3 is 2.19 bits per heavy atom. The highest BCUT2D eigenvalue weighted by Gasteiger charge is 1.86. The maximum Gasteiger partial charge on any atom is 0.228 e. The van der Waals surface area contributed by atoms with Crippen LogP contribution in [-0.4, -0.2) is 5.91 Å². The predicted octanol–water partition coefficient (Wildman–Crippen LogP) is 0.654. The lowest BCUT2D eigenvalue weighted by molar-refractivity contribution is -0.117.